The van der Waals surface area contributed by atoms with Crippen molar-refractivity contribution in [3.8, 4) is 0 Å². The lowest BCUT2D eigenvalue weighted by Gasteiger charge is -2.56. The molecule has 0 spiro atoms. The van der Waals surface area contributed by atoms with Crippen molar-refractivity contribution in [2.24, 2.45) is 17.3 Å². The van der Waals surface area contributed by atoms with Gasteiger partial charge < -0.3 is 14.3 Å². The first kappa shape index (κ1) is 12.4. The Morgan fingerprint density at radius 2 is 2.33 bits per heavy atom. The summed E-state index contributed by atoms with van der Waals surface area (Å²) in [5.41, 5.74) is 2.08. The molecule has 1 saturated carbocycles. The van der Waals surface area contributed by atoms with Crippen molar-refractivity contribution in [2.45, 2.75) is 51.9 Å². The van der Waals surface area contributed by atoms with Gasteiger partial charge in [-0.05, 0) is 36.5 Å². The van der Waals surface area contributed by atoms with Gasteiger partial charge in [-0.1, -0.05) is 25.5 Å². The van der Waals surface area contributed by atoms with Crippen LogP contribution in [0, 0.1) is 17.3 Å². The summed E-state index contributed by atoms with van der Waals surface area (Å²) in [7, 11) is 0. The van der Waals surface area contributed by atoms with Crippen molar-refractivity contribution in [2.75, 3.05) is 6.61 Å². The molecule has 0 aromatic rings. The lowest BCUT2D eigenvalue weighted by molar-refractivity contribution is -0.119. The van der Waals surface area contributed by atoms with Crippen molar-refractivity contribution in [3.63, 3.8) is 0 Å². The molecule has 1 aliphatic heterocycles. The Balaban J connectivity index is 1.52. The van der Waals surface area contributed by atoms with Crippen molar-refractivity contribution < 1.29 is 14.3 Å². The number of hydrogen-bond donors (Lipinski definition) is 0. The zero-order valence-electron chi connectivity index (χ0n) is 11.2. The Labute approximate surface area is 109 Å². The Bertz CT molecular complexity index is 372. The maximum absolute atomic E-state index is 10.6. The minimum absolute atomic E-state index is 0.179. The fraction of sp³-hybridized carbons (Fsp3) is 0.800. The van der Waals surface area contributed by atoms with Gasteiger partial charge in [0.05, 0.1) is 6.61 Å². The normalized spacial score (nSPS) is 41.1. The second-order valence-electron chi connectivity index (χ2n) is 6.43. The highest BCUT2D eigenvalue weighted by Gasteiger charge is 2.50. The summed E-state index contributed by atoms with van der Waals surface area (Å²) >= 11 is 0. The molecule has 1 heterocycles. The Morgan fingerprint density at radius 1 is 1.50 bits per heavy atom. The van der Waals surface area contributed by atoms with Crippen LogP contribution in [0.4, 0.5) is 0 Å². The predicted molar refractivity (Wildman–Crippen MR) is 68.0 cm³/mol. The summed E-state index contributed by atoms with van der Waals surface area (Å²) in [6, 6.07) is 0. The number of carbonyl (C=O) groups excluding carboxylic acids is 1. The summed E-state index contributed by atoms with van der Waals surface area (Å²) in [5, 5.41) is 0. The van der Waals surface area contributed by atoms with Gasteiger partial charge >= 0.3 is 0 Å². The van der Waals surface area contributed by atoms with Gasteiger partial charge in [0.1, 0.15) is 6.10 Å². The van der Waals surface area contributed by atoms with Crippen LogP contribution in [-0.4, -0.2) is 25.3 Å². The van der Waals surface area contributed by atoms with E-state index in [9.17, 15) is 4.79 Å². The highest BCUT2D eigenvalue weighted by Crippen LogP contribution is 2.59. The van der Waals surface area contributed by atoms with Crippen molar-refractivity contribution in [1.82, 2.24) is 0 Å². The molecule has 0 aromatic heterocycles. The van der Waals surface area contributed by atoms with Gasteiger partial charge in [0.25, 0.3) is 0 Å². The molecule has 2 fully saturated rings. The highest BCUT2D eigenvalue weighted by atomic mass is 16.7. The first-order valence-electron chi connectivity index (χ1n) is 7.02. The average Bonchev–Trinajstić information content (AvgIpc) is 2.84. The first-order chi connectivity index (χ1) is 8.61. The van der Waals surface area contributed by atoms with E-state index < -0.39 is 0 Å². The number of allylic oxidation sites excluding steroid dienone is 2. The fourth-order valence-corrected chi connectivity index (χ4v) is 3.74. The summed E-state index contributed by atoms with van der Waals surface area (Å²) in [6.07, 6.45) is 7.27. The summed E-state index contributed by atoms with van der Waals surface area (Å²) in [4.78, 5) is 10.6. The molecule has 18 heavy (non-hydrogen) atoms. The topological polar surface area (TPSA) is 35.5 Å². The standard InChI is InChI=1S/C15H22O3/c1-15(2)11-5-3-10(13(15)7-11)4-6-14-17-9-12(8-16)18-14/h3,8,11-14H,4-7,9H2,1-2H3. The van der Waals surface area contributed by atoms with Crippen LogP contribution in [0.1, 0.15) is 39.5 Å². The van der Waals surface area contributed by atoms with Crippen LogP contribution in [0.5, 0.6) is 0 Å². The molecule has 0 amide bonds. The average molecular weight is 250 g/mol. The molecule has 0 radical (unpaired) electrons. The predicted octanol–water partition coefficient (Wildman–Crippen LogP) is 2.70. The van der Waals surface area contributed by atoms with E-state index >= 15 is 0 Å². The molecular weight excluding hydrogens is 228 g/mol. The second-order valence-corrected chi connectivity index (χ2v) is 6.43. The second kappa shape index (κ2) is 4.46. The Morgan fingerprint density at radius 3 is 2.94 bits per heavy atom. The molecule has 2 bridgehead atoms. The molecule has 3 heteroatoms. The Hall–Kier alpha value is -0.670. The summed E-state index contributed by atoms with van der Waals surface area (Å²) in [6.45, 7) is 5.21. The Kier molecular flexibility index (Phi) is 3.07. The van der Waals surface area contributed by atoms with E-state index in [2.05, 4.69) is 19.9 Å². The van der Waals surface area contributed by atoms with Crippen LogP contribution in [0.2, 0.25) is 0 Å². The molecule has 0 aromatic carbocycles. The van der Waals surface area contributed by atoms with E-state index in [0.29, 0.717) is 12.0 Å². The monoisotopic (exact) mass is 250 g/mol. The van der Waals surface area contributed by atoms with E-state index in [0.717, 1.165) is 31.0 Å². The van der Waals surface area contributed by atoms with Crippen LogP contribution < -0.4 is 0 Å². The van der Waals surface area contributed by atoms with Crippen LogP contribution in [-0.2, 0) is 14.3 Å². The number of hydrogen-bond acceptors (Lipinski definition) is 3. The summed E-state index contributed by atoms with van der Waals surface area (Å²) in [5.74, 6) is 1.66. The molecule has 4 atom stereocenters. The summed E-state index contributed by atoms with van der Waals surface area (Å²) < 4.78 is 11.0. The fourth-order valence-electron chi connectivity index (χ4n) is 3.74. The van der Waals surface area contributed by atoms with E-state index in [1.54, 1.807) is 5.57 Å². The van der Waals surface area contributed by atoms with Gasteiger partial charge in [-0.25, -0.2) is 0 Å². The number of aldehydes is 1. The largest absolute Gasteiger partial charge is 0.349 e. The quantitative estimate of drug-likeness (QED) is 0.568. The molecular formula is C15H22O3. The third kappa shape index (κ3) is 1.94. The van der Waals surface area contributed by atoms with Gasteiger partial charge in [0, 0.05) is 6.42 Å². The zero-order chi connectivity index (χ0) is 12.8. The minimum atomic E-state index is -0.347. The van der Waals surface area contributed by atoms with Crippen LogP contribution in [0.25, 0.3) is 0 Å². The molecule has 4 aliphatic rings. The number of ether oxygens (including phenoxy) is 2. The molecule has 0 N–H and O–H groups in total. The van der Waals surface area contributed by atoms with Crippen LogP contribution in [0.3, 0.4) is 0 Å². The van der Waals surface area contributed by atoms with Crippen LogP contribution >= 0.6 is 0 Å². The maximum atomic E-state index is 10.6. The number of carbonyl (C=O) groups is 1. The highest BCUT2D eigenvalue weighted by molar-refractivity contribution is 5.56. The number of fused-ring (bicyclic) bond motifs is 1. The molecule has 4 unspecified atom stereocenters. The number of rotatable bonds is 4. The van der Waals surface area contributed by atoms with Crippen molar-refractivity contribution >= 4 is 6.29 Å². The van der Waals surface area contributed by atoms with Gasteiger partial charge in [0.15, 0.2) is 12.6 Å². The van der Waals surface area contributed by atoms with Crippen molar-refractivity contribution in [3.05, 3.63) is 11.6 Å². The maximum Gasteiger partial charge on any atom is 0.159 e. The third-order valence-electron chi connectivity index (χ3n) is 5.18. The van der Waals surface area contributed by atoms with Crippen molar-refractivity contribution in [1.29, 1.82) is 0 Å². The van der Waals surface area contributed by atoms with Gasteiger partial charge in [-0.3, -0.25) is 0 Å². The molecule has 4 rings (SSSR count). The zero-order valence-corrected chi connectivity index (χ0v) is 11.2. The smallest absolute Gasteiger partial charge is 0.159 e. The molecule has 1 saturated heterocycles. The van der Waals surface area contributed by atoms with E-state index in [4.69, 9.17) is 9.47 Å². The minimum Gasteiger partial charge on any atom is -0.349 e. The first-order valence-corrected chi connectivity index (χ1v) is 7.02. The van der Waals surface area contributed by atoms with E-state index in [1.165, 1.54) is 12.8 Å². The van der Waals surface area contributed by atoms with E-state index in [1.807, 2.05) is 0 Å². The SMILES string of the molecule is CC1(C)C2CC=C(CCC3OCC(C=O)O3)C1C2. The lowest BCUT2D eigenvalue weighted by atomic mass is 9.48. The van der Waals surface area contributed by atoms with Gasteiger partial charge in [-0.2, -0.15) is 0 Å². The molecule has 100 valence electrons. The van der Waals surface area contributed by atoms with E-state index in [-0.39, 0.29) is 12.4 Å². The van der Waals surface area contributed by atoms with Gasteiger partial charge in [0.2, 0.25) is 0 Å². The third-order valence-corrected chi connectivity index (χ3v) is 5.18. The van der Waals surface area contributed by atoms with Gasteiger partial charge in [-0.15, -0.1) is 0 Å². The molecule has 3 aliphatic carbocycles. The van der Waals surface area contributed by atoms with Crippen LogP contribution in [0.15, 0.2) is 11.6 Å². The lowest BCUT2D eigenvalue weighted by Crippen LogP contribution is -2.48. The molecule has 3 nitrogen and oxygen atoms in total.